The van der Waals surface area contributed by atoms with E-state index in [1.165, 1.54) is 4.90 Å². The summed E-state index contributed by atoms with van der Waals surface area (Å²) in [7, 11) is 1.66. The number of urea groups is 1. The largest absolute Gasteiger partial charge is 0.348 e. The third-order valence-corrected chi connectivity index (χ3v) is 5.90. The number of nitrogens with zero attached hydrogens (tertiary/aromatic N) is 1. The van der Waals surface area contributed by atoms with Crippen molar-refractivity contribution in [2.24, 2.45) is 0 Å². The second kappa shape index (κ2) is 9.64. The van der Waals surface area contributed by atoms with E-state index in [1.807, 2.05) is 41.5 Å². The molecule has 1 fully saturated rings. The van der Waals surface area contributed by atoms with Gasteiger partial charge in [0, 0.05) is 43.1 Å². The van der Waals surface area contributed by atoms with Crippen LogP contribution >= 0.6 is 11.8 Å². The first-order valence-corrected chi connectivity index (χ1v) is 10.8. The number of thioether (sulfide) groups is 1. The quantitative estimate of drug-likeness (QED) is 0.753. The zero-order valence-electron chi connectivity index (χ0n) is 16.4. The van der Waals surface area contributed by atoms with Gasteiger partial charge in [-0.15, -0.1) is 11.8 Å². The van der Waals surface area contributed by atoms with E-state index < -0.39 is 0 Å². The predicted octanol–water partition coefficient (Wildman–Crippen LogP) is 3.86. The fourth-order valence-electron chi connectivity index (χ4n) is 3.55. The molecule has 6 heteroatoms. The standard InChI is InChI=1S/C22H27N3O2S/c1-23-22(27)25-12-4-7-19(15-25)17-5-3-6-18(13-17)21(26)24-14-16-8-10-20(28-2)11-9-16/h3,5-6,8-11,13,19H,4,7,12,14-15H2,1-2H3,(H,23,27)(H,24,26)/t19-/m1/s1. The van der Waals surface area contributed by atoms with Crippen LogP contribution in [0.15, 0.2) is 53.4 Å². The molecule has 3 amide bonds. The van der Waals surface area contributed by atoms with E-state index in [-0.39, 0.29) is 17.9 Å². The lowest BCUT2D eigenvalue weighted by Gasteiger charge is -2.32. The number of piperidine rings is 1. The SMILES string of the molecule is CNC(=O)N1CCC[C@@H](c2cccc(C(=O)NCc3ccc(SC)cc3)c2)C1. The zero-order valence-corrected chi connectivity index (χ0v) is 17.2. The summed E-state index contributed by atoms with van der Waals surface area (Å²) in [5.74, 6) is 0.188. The van der Waals surface area contributed by atoms with Crippen molar-refractivity contribution in [1.29, 1.82) is 0 Å². The summed E-state index contributed by atoms with van der Waals surface area (Å²) in [5, 5.41) is 5.70. The Labute approximate surface area is 170 Å². The molecule has 28 heavy (non-hydrogen) atoms. The molecule has 0 unspecified atom stereocenters. The van der Waals surface area contributed by atoms with Gasteiger partial charge in [-0.2, -0.15) is 0 Å². The summed E-state index contributed by atoms with van der Waals surface area (Å²) in [6.45, 7) is 1.98. The number of hydrogen-bond acceptors (Lipinski definition) is 3. The van der Waals surface area contributed by atoms with Crippen LogP contribution in [0.5, 0.6) is 0 Å². The second-order valence-electron chi connectivity index (χ2n) is 7.00. The minimum atomic E-state index is -0.0743. The molecule has 0 spiro atoms. The molecule has 2 N–H and O–H groups in total. The van der Waals surface area contributed by atoms with E-state index in [1.54, 1.807) is 18.8 Å². The molecule has 1 aliphatic heterocycles. The number of amides is 3. The molecule has 0 aromatic heterocycles. The van der Waals surface area contributed by atoms with Crippen molar-refractivity contribution in [3.05, 3.63) is 65.2 Å². The van der Waals surface area contributed by atoms with Gasteiger partial charge in [0.25, 0.3) is 5.91 Å². The van der Waals surface area contributed by atoms with E-state index in [0.29, 0.717) is 18.7 Å². The number of rotatable bonds is 5. The number of nitrogens with one attached hydrogen (secondary N) is 2. The minimum absolute atomic E-state index is 0.0360. The van der Waals surface area contributed by atoms with Gasteiger partial charge in [0.1, 0.15) is 0 Å². The van der Waals surface area contributed by atoms with Gasteiger partial charge in [0.05, 0.1) is 0 Å². The molecule has 0 saturated carbocycles. The monoisotopic (exact) mass is 397 g/mol. The van der Waals surface area contributed by atoms with Crippen molar-refractivity contribution < 1.29 is 9.59 Å². The Hall–Kier alpha value is -2.47. The third-order valence-electron chi connectivity index (χ3n) is 5.15. The van der Waals surface area contributed by atoms with Crippen LogP contribution in [0.2, 0.25) is 0 Å². The first-order valence-electron chi connectivity index (χ1n) is 9.58. The van der Waals surface area contributed by atoms with Gasteiger partial charge >= 0.3 is 6.03 Å². The molecule has 2 aromatic carbocycles. The average molecular weight is 398 g/mol. The zero-order chi connectivity index (χ0) is 19.9. The van der Waals surface area contributed by atoms with Crippen molar-refractivity contribution in [2.75, 3.05) is 26.4 Å². The molecule has 5 nitrogen and oxygen atoms in total. The molecule has 1 saturated heterocycles. The lowest BCUT2D eigenvalue weighted by Crippen LogP contribution is -2.43. The van der Waals surface area contributed by atoms with Gasteiger partial charge < -0.3 is 15.5 Å². The summed E-state index contributed by atoms with van der Waals surface area (Å²) < 4.78 is 0. The van der Waals surface area contributed by atoms with E-state index in [0.717, 1.165) is 30.5 Å². The van der Waals surface area contributed by atoms with Crippen LogP contribution in [0.4, 0.5) is 4.79 Å². The van der Waals surface area contributed by atoms with Crippen molar-refractivity contribution in [3.63, 3.8) is 0 Å². The van der Waals surface area contributed by atoms with Crippen LogP contribution in [0.3, 0.4) is 0 Å². The van der Waals surface area contributed by atoms with Gasteiger partial charge in [0.15, 0.2) is 0 Å². The maximum atomic E-state index is 12.6. The Kier molecular flexibility index (Phi) is 6.98. The number of carbonyl (C=O) groups is 2. The van der Waals surface area contributed by atoms with E-state index in [9.17, 15) is 9.59 Å². The smallest absolute Gasteiger partial charge is 0.317 e. The molecule has 3 rings (SSSR count). The fourth-order valence-corrected chi connectivity index (χ4v) is 3.96. The Balaban J connectivity index is 1.63. The summed E-state index contributed by atoms with van der Waals surface area (Å²) >= 11 is 1.70. The average Bonchev–Trinajstić information content (AvgIpc) is 2.77. The maximum Gasteiger partial charge on any atom is 0.317 e. The maximum absolute atomic E-state index is 12.6. The first kappa shape index (κ1) is 20.3. The summed E-state index contributed by atoms with van der Waals surface area (Å²) in [6.07, 6.45) is 4.05. The normalized spacial score (nSPS) is 16.5. The fraction of sp³-hybridized carbons (Fsp3) is 0.364. The molecular weight excluding hydrogens is 370 g/mol. The molecule has 1 heterocycles. The molecule has 0 bridgehead atoms. The number of benzene rings is 2. The van der Waals surface area contributed by atoms with E-state index in [2.05, 4.69) is 28.8 Å². The molecule has 0 aliphatic carbocycles. The first-order chi connectivity index (χ1) is 13.6. The molecule has 148 valence electrons. The molecule has 1 aliphatic rings. The summed E-state index contributed by atoms with van der Waals surface area (Å²) in [6, 6.07) is 16.0. The lowest BCUT2D eigenvalue weighted by molar-refractivity contribution is 0.0950. The summed E-state index contributed by atoms with van der Waals surface area (Å²) in [5.41, 5.74) is 2.86. The highest BCUT2D eigenvalue weighted by Crippen LogP contribution is 2.27. The highest BCUT2D eigenvalue weighted by atomic mass is 32.2. The molecule has 1 atom stereocenters. The van der Waals surface area contributed by atoms with Crippen molar-refractivity contribution in [3.8, 4) is 0 Å². The predicted molar refractivity (Wildman–Crippen MR) is 114 cm³/mol. The Bertz CT molecular complexity index is 823. The number of likely N-dealkylation sites (tertiary alicyclic amines) is 1. The minimum Gasteiger partial charge on any atom is -0.348 e. The van der Waals surface area contributed by atoms with Crippen molar-refractivity contribution in [2.45, 2.75) is 30.2 Å². The van der Waals surface area contributed by atoms with Crippen LogP contribution in [-0.2, 0) is 6.54 Å². The van der Waals surface area contributed by atoms with Crippen molar-refractivity contribution >= 4 is 23.7 Å². The lowest BCUT2D eigenvalue weighted by atomic mass is 9.89. The second-order valence-corrected chi connectivity index (χ2v) is 7.88. The third kappa shape index (κ3) is 5.07. The van der Waals surface area contributed by atoms with E-state index in [4.69, 9.17) is 0 Å². The van der Waals surface area contributed by atoms with Crippen LogP contribution in [0, 0.1) is 0 Å². The van der Waals surface area contributed by atoms with Crippen LogP contribution in [0.25, 0.3) is 0 Å². The van der Waals surface area contributed by atoms with E-state index >= 15 is 0 Å². The van der Waals surface area contributed by atoms with Crippen molar-refractivity contribution in [1.82, 2.24) is 15.5 Å². The highest BCUT2D eigenvalue weighted by Gasteiger charge is 2.24. The molecular formula is C22H27N3O2S. The Morgan fingerprint density at radius 1 is 1.18 bits per heavy atom. The van der Waals surface area contributed by atoms with Crippen LogP contribution < -0.4 is 10.6 Å². The van der Waals surface area contributed by atoms with Gasteiger partial charge in [0.2, 0.25) is 0 Å². The molecule has 0 radical (unpaired) electrons. The van der Waals surface area contributed by atoms with Gasteiger partial charge in [-0.3, -0.25) is 4.79 Å². The summed E-state index contributed by atoms with van der Waals surface area (Å²) in [4.78, 5) is 27.6. The van der Waals surface area contributed by atoms with Gasteiger partial charge in [-0.05, 0) is 54.5 Å². The Morgan fingerprint density at radius 3 is 2.68 bits per heavy atom. The number of hydrogen-bond donors (Lipinski definition) is 2. The topological polar surface area (TPSA) is 61.4 Å². The number of carbonyl (C=O) groups excluding carboxylic acids is 2. The van der Waals surface area contributed by atoms with Crippen LogP contribution in [-0.4, -0.2) is 43.2 Å². The van der Waals surface area contributed by atoms with Gasteiger partial charge in [-0.1, -0.05) is 24.3 Å². The van der Waals surface area contributed by atoms with Gasteiger partial charge in [-0.25, -0.2) is 4.79 Å². The highest BCUT2D eigenvalue weighted by molar-refractivity contribution is 7.98. The Morgan fingerprint density at radius 2 is 1.96 bits per heavy atom. The van der Waals surface area contributed by atoms with Crippen LogP contribution in [0.1, 0.15) is 40.2 Å². The molecule has 2 aromatic rings.